The molecular formula is C15H17NO4. The highest BCUT2D eigenvalue weighted by molar-refractivity contribution is 6.21. The van der Waals surface area contributed by atoms with E-state index in [0.29, 0.717) is 24.2 Å². The minimum Gasteiger partial charge on any atom is -0.466 e. The first-order valence-electron chi connectivity index (χ1n) is 6.76. The first-order chi connectivity index (χ1) is 9.65. The predicted molar refractivity (Wildman–Crippen MR) is 72.3 cm³/mol. The SMILES string of the molecule is CCCOC(=O)CCCN1C(=O)c2ccccc2C1=O. The molecule has 106 valence electrons. The van der Waals surface area contributed by atoms with Crippen molar-refractivity contribution >= 4 is 17.8 Å². The third-order valence-electron chi connectivity index (χ3n) is 3.11. The number of carbonyl (C=O) groups excluding carboxylic acids is 3. The van der Waals surface area contributed by atoms with Crippen LogP contribution in [0, 0.1) is 0 Å². The monoisotopic (exact) mass is 275 g/mol. The first-order valence-corrected chi connectivity index (χ1v) is 6.76. The number of ether oxygens (including phenoxy) is 1. The van der Waals surface area contributed by atoms with Gasteiger partial charge in [-0.05, 0) is 25.0 Å². The number of hydrogen-bond acceptors (Lipinski definition) is 4. The zero-order valence-electron chi connectivity index (χ0n) is 11.4. The summed E-state index contributed by atoms with van der Waals surface area (Å²) in [7, 11) is 0. The molecule has 2 rings (SSSR count). The molecule has 0 atom stereocenters. The molecule has 0 saturated heterocycles. The van der Waals surface area contributed by atoms with Gasteiger partial charge in [0.1, 0.15) is 0 Å². The van der Waals surface area contributed by atoms with Gasteiger partial charge < -0.3 is 4.74 Å². The van der Waals surface area contributed by atoms with Crippen molar-refractivity contribution in [3.8, 4) is 0 Å². The van der Waals surface area contributed by atoms with Crippen molar-refractivity contribution in [2.75, 3.05) is 13.2 Å². The lowest BCUT2D eigenvalue weighted by atomic mass is 10.1. The van der Waals surface area contributed by atoms with Crippen LogP contribution in [0.15, 0.2) is 24.3 Å². The summed E-state index contributed by atoms with van der Waals surface area (Å²) in [6.07, 6.45) is 1.42. The van der Waals surface area contributed by atoms with Gasteiger partial charge in [-0.25, -0.2) is 0 Å². The maximum absolute atomic E-state index is 12.0. The molecule has 2 amide bonds. The Balaban J connectivity index is 1.88. The van der Waals surface area contributed by atoms with E-state index in [4.69, 9.17) is 4.74 Å². The smallest absolute Gasteiger partial charge is 0.305 e. The van der Waals surface area contributed by atoms with Crippen molar-refractivity contribution in [2.45, 2.75) is 26.2 Å². The summed E-state index contributed by atoms with van der Waals surface area (Å²) in [5.74, 6) is -0.858. The van der Waals surface area contributed by atoms with Crippen LogP contribution < -0.4 is 0 Å². The molecule has 5 heteroatoms. The Morgan fingerprint density at radius 1 is 1.15 bits per heavy atom. The van der Waals surface area contributed by atoms with Gasteiger partial charge in [-0.15, -0.1) is 0 Å². The Labute approximate surface area is 117 Å². The summed E-state index contributed by atoms with van der Waals surface area (Å²) < 4.78 is 4.94. The Morgan fingerprint density at radius 3 is 2.30 bits per heavy atom. The van der Waals surface area contributed by atoms with Gasteiger partial charge in [0.15, 0.2) is 0 Å². The Morgan fingerprint density at radius 2 is 1.75 bits per heavy atom. The molecule has 0 saturated carbocycles. The van der Waals surface area contributed by atoms with Crippen LogP contribution >= 0.6 is 0 Å². The van der Waals surface area contributed by atoms with Crippen molar-refractivity contribution in [1.82, 2.24) is 4.90 Å². The molecule has 1 aromatic carbocycles. The number of hydrogen-bond donors (Lipinski definition) is 0. The minimum absolute atomic E-state index is 0.216. The number of fused-ring (bicyclic) bond motifs is 1. The lowest BCUT2D eigenvalue weighted by Gasteiger charge is -2.13. The van der Waals surface area contributed by atoms with Gasteiger partial charge in [0, 0.05) is 13.0 Å². The van der Waals surface area contributed by atoms with Crippen LogP contribution in [0.25, 0.3) is 0 Å². The van der Waals surface area contributed by atoms with Gasteiger partial charge in [-0.3, -0.25) is 19.3 Å². The molecule has 0 unspecified atom stereocenters. The van der Waals surface area contributed by atoms with Crippen LogP contribution in [0.3, 0.4) is 0 Å². The molecule has 1 aromatic rings. The molecule has 1 aliphatic rings. The van der Waals surface area contributed by atoms with E-state index in [1.807, 2.05) is 6.92 Å². The zero-order valence-corrected chi connectivity index (χ0v) is 11.4. The maximum atomic E-state index is 12.0. The average molecular weight is 275 g/mol. The van der Waals surface area contributed by atoms with Gasteiger partial charge in [0.25, 0.3) is 11.8 Å². The topological polar surface area (TPSA) is 63.7 Å². The average Bonchev–Trinajstić information content (AvgIpc) is 2.70. The fourth-order valence-corrected chi connectivity index (χ4v) is 2.11. The van der Waals surface area contributed by atoms with Crippen LogP contribution in [0.1, 0.15) is 46.9 Å². The Bertz CT molecular complexity index is 503. The van der Waals surface area contributed by atoms with E-state index < -0.39 is 0 Å². The molecular weight excluding hydrogens is 258 g/mol. The molecule has 20 heavy (non-hydrogen) atoms. The van der Waals surface area contributed by atoms with Crippen LogP contribution in [-0.2, 0) is 9.53 Å². The maximum Gasteiger partial charge on any atom is 0.305 e. The fourth-order valence-electron chi connectivity index (χ4n) is 2.11. The lowest BCUT2D eigenvalue weighted by molar-refractivity contribution is -0.143. The van der Waals surface area contributed by atoms with Crippen molar-refractivity contribution in [1.29, 1.82) is 0 Å². The van der Waals surface area contributed by atoms with E-state index in [9.17, 15) is 14.4 Å². The third kappa shape index (κ3) is 2.87. The number of benzene rings is 1. The van der Waals surface area contributed by atoms with E-state index in [1.54, 1.807) is 24.3 Å². The molecule has 1 aliphatic heterocycles. The number of nitrogens with zero attached hydrogens (tertiary/aromatic N) is 1. The largest absolute Gasteiger partial charge is 0.466 e. The van der Waals surface area contributed by atoms with E-state index in [1.165, 1.54) is 4.90 Å². The number of imide groups is 1. The van der Waals surface area contributed by atoms with Gasteiger partial charge in [-0.1, -0.05) is 19.1 Å². The highest BCUT2D eigenvalue weighted by atomic mass is 16.5. The molecule has 0 aromatic heterocycles. The van der Waals surface area contributed by atoms with E-state index in [2.05, 4.69) is 0 Å². The normalized spacial score (nSPS) is 13.6. The number of rotatable bonds is 6. The van der Waals surface area contributed by atoms with Gasteiger partial charge in [-0.2, -0.15) is 0 Å². The zero-order chi connectivity index (χ0) is 14.5. The first kappa shape index (κ1) is 14.2. The second-order valence-electron chi connectivity index (χ2n) is 4.63. The van der Waals surface area contributed by atoms with Gasteiger partial charge in [0.2, 0.25) is 0 Å². The molecule has 0 bridgehead atoms. The van der Waals surface area contributed by atoms with E-state index in [-0.39, 0.29) is 30.7 Å². The highest BCUT2D eigenvalue weighted by Gasteiger charge is 2.34. The van der Waals surface area contributed by atoms with Gasteiger partial charge in [0.05, 0.1) is 17.7 Å². The summed E-state index contributed by atoms with van der Waals surface area (Å²) in [6, 6.07) is 6.75. The molecule has 5 nitrogen and oxygen atoms in total. The number of esters is 1. The van der Waals surface area contributed by atoms with E-state index >= 15 is 0 Å². The summed E-state index contributed by atoms with van der Waals surface area (Å²) in [5.41, 5.74) is 0.872. The summed E-state index contributed by atoms with van der Waals surface area (Å²) in [4.78, 5) is 36.6. The molecule has 0 radical (unpaired) electrons. The molecule has 0 spiro atoms. The summed E-state index contributed by atoms with van der Waals surface area (Å²) in [5, 5.41) is 0. The molecule has 0 aliphatic carbocycles. The van der Waals surface area contributed by atoms with Crippen molar-refractivity contribution in [3.63, 3.8) is 0 Å². The minimum atomic E-state index is -0.288. The second-order valence-corrected chi connectivity index (χ2v) is 4.63. The van der Waals surface area contributed by atoms with Crippen molar-refractivity contribution in [2.24, 2.45) is 0 Å². The predicted octanol–water partition coefficient (Wildman–Crippen LogP) is 2.02. The van der Waals surface area contributed by atoms with Crippen molar-refractivity contribution in [3.05, 3.63) is 35.4 Å². The molecule has 0 fully saturated rings. The van der Waals surface area contributed by atoms with Crippen LogP contribution in [0.2, 0.25) is 0 Å². The number of amides is 2. The van der Waals surface area contributed by atoms with Crippen molar-refractivity contribution < 1.29 is 19.1 Å². The second kappa shape index (κ2) is 6.32. The Hall–Kier alpha value is -2.17. The van der Waals surface area contributed by atoms with Gasteiger partial charge >= 0.3 is 5.97 Å². The number of carbonyl (C=O) groups is 3. The third-order valence-corrected chi connectivity index (χ3v) is 3.11. The van der Waals surface area contributed by atoms with Crippen LogP contribution in [-0.4, -0.2) is 35.8 Å². The van der Waals surface area contributed by atoms with Crippen LogP contribution in [0.4, 0.5) is 0 Å². The standard InChI is InChI=1S/C15H17NO4/c1-2-10-20-13(17)8-5-9-16-14(18)11-6-3-4-7-12(11)15(16)19/h3-4,6-7H,2,5,8-10H2,1H3. The quantitative estimate of drug-likeness (QED) is 0.588. The molecule has 0 N–H and O–H groups in total. The molecule has 1 heterocycles. The Kier molecular flexibility index (Phi) is 4.50. The summed E-state index contributed by atoms with van der Waals surface area (Å²) in [6.45, 7) is 2.57. The fraction of sp³-hybridized carbons (Fsp3) is 0.400. The van der Waals surface area contributed by atoms with Crippen LogP contribution in [0.5, 0.6) is 0 Å². The summed E-state index contributed by atoms with van der Waals surface area (Å²) >= 11 is 0. The highest BCUT2D eigenvalue weighted by Crippen LogP contribution is 2.22. The lowest BCUT2D eigenvalue weighted by Crippen LogP contribution is -2.31. The van der Waals surface area contributed by atoms with E-state index in [0.717, 1.165) is 6.42 Å².